The van der Waals surface area contributed by atoms with Crippen molar-refractivity contribution < 1.29 is 4.42 Å². The van der Waals surface area contributed by atoms with Crippen LogP contribution in [0, 0.1) is 0 Å². The molecule has 2 aromatic heterocycles. The minimum atomic E-state index is 0.487. The van der Waals surface area contributed by atoms with Gasteiger partial charge in [0.2, 0.25) is 6.39 Å². The van der Waals surface area contributed by atoms with Crippen LogP contribution < -0.4 is 0 Å². The lowest BCUT2D eigenvalue weighted by Crippen LogP contribution is -2.02. The van der Waals surface area contributed by atoms with Crippen LogP contribution in [0.1, 0.15) is 5.56 Å². The predicted octanol–water partition coefficient (Wildman–Crippen LogP) is 5.05. The highest BCUT2D eigenvalue weighted by Gasteiger charge is 2.15. The summed E-state index contributed by atoms with van der Waals surface area (Å²) in [7, 11) is 0. The molecule has 4 nitrogen and oxygen atoms in total. The predicted molar refractivity (Wildman–Crippen MR) is 90.8 cm³/mol. The summed E-state index contributed by atoms with van der Waals surface area (Å²) >= 11 is 12.1. The third kappa shape index (κ3) is 2.60. The zero-order valence-electron chi connectivity index (χ0n) is 11.9. The summed E-state index contributed by atoms with van der Waals surface area (Å²) in [6.07, 6.45) is 1.33. The summed E-state index contributed by atoms with van der Waals surface area (Å²) in [5.41, 5.74) is 3.00. The Morgan fingerprint density at radius 1 is 1.00 bits per heavy atom. The molecule has 23 heavy (non-hydrogen) atoms. The molecule has 0 saturated carbocycles. The van der Waals surface area contributed by atoms with Gasteiger partial charge in [-0.15, -0.1) is 10.2 Å². The second kappa shape index (κ2) is 5.72. The molecule has 0 amide bonds. The summed E-state index contributed by atoms with van der Waals surface area (Å²) in [6.45, 7) is 0.627. The highest BCUT2D eigenvalue weighted by atomic mass is 35.5. The van der Waals surface area contributed by atoms with Crippen LogP contribution >= 0.6 is 23.2 Å². The van der Waals surface area contributed by atoms with Gasteiger partial charge in [-0.05, 0) is 29.8 Å². The van der Waals surface area contributed by atoms with Crippen molar-refractivity contribution in [2.24, 2.45) is 0 Å². The number of aromatic nitrogens is 3. The number of rotatable bonds is 3. The fourth-order valence-electron chi connectivity index (χ4n) is 2.66. The third-order valence-electron chi connectivity index (χ3n) is 3.71. The Morgan fingerprint density at radius 3 is 2.65 bits per heavy atom. The van der Waals surface area contributed by atoms with E-state index in [4.69, 9.17) is 27.6 Å². The van der Waals surface area contributed by atoms with Gasteiger partial charge in [-0.25, -0.2) is 0 Å². The molecular weight excluding hydrogens is 333 g/mol. The molecule has 2 heterocycles. The maximum Gasteiger partial charge on any atom is 0.264 e. The molecule has 2 aromatic carbocycles. The molecule has 4 aromatic rings. The van der Waals surface area contributed by atoms with Gasteiger partial charge < -0.3 is 8.98 Å². The molecule has 0 saturated heterocycles. The SMILES string of the molecule is Clc1ccc(Cn2c(-c3nnco3)cc3ccccc32)cc1Cl. The highest BCUT2D eigenvalue weighted by Crippen LogP contribution is 2.29. The van der Waals surface area contributed by atoms with E-state index in [0.717, 1.165) is 22.2 Å². The van der Waals surface area contributed by atoms with Crippen molar-refractivity contribution >= 4 is 34.1 Å². The number of para-hydroxylation sites is 1. The summed E-state index contributed by atoms with van der Waals surface area (Å²) < 4.78 is 7.51. The summed E-state index contributed by atoms with van der Waals surface area (Å²) in [4.78, 5) is 0. The van der Waals surface area contributed by atoms with Crippen LogP contribution in [-0.4, -0.2) is 14.8 Å². The van der Waals surface area contributed by atoms with Crippen molar-refractivity contribution in [3.8, 4) is 11.6 Å². The Morgan fingerprint density at radius 2 is 1.87 bits per heavy atom. The molecule has 0 N–H and O–H groups in total. The van der Waals surface area contributed by atoms with E-state index in [1.165, 1.54) is 6.39 Å². The van der Waals surface area contributed by atoms with E-state index in [9.17, 15) is 0 Å². The lowest BCUT2D eigenvalue weighted by molar-refractivity contribution is 0.562. The summed E-state index contributed by atoms with van der Waals surface area (Å²) in [5, 5.41) is 10.0. The van der Waals surface area contributed by atoms with E-state index in [1.807, 2.05) is 30.3 Å². The molecule has 0 bridgehead atoms. The minimum absolute atomic E-state index is 0.487. The van der Waals surface area contributed by atoms with Gasteiger partial charge in [-0.1, -0.05) is 47.5 Å². The van der Waals surface area contributed by atoms with Crippen molar-refractivity contribution in [1.82, 2.24) is 14.8 Å². The molecule has 114 valence electrons. The summed E-state index contributed by atoms with van der Waals surface area (Å²) in [6, 6.07) is 15.8. The molecule has 0 aliphatic rings. The number of hydrogen-bond donors (Lipinski definition) is 0. The Labute approximate surface area is 142 Å². The van der Waals surface area contributed by atoms with Crippen LogP contribution in [0.3, 0.4) is 0 Å². The molecule has 0 spiro atoms. The van der Waals surface area contributed by atoms with E-state index >= 15 is 0 Å². The normalized spacial score (nSPS) is 11.2. The standard InChI is InChI=1S/C17H11Cl2N3O/c18-13-6-5-11(7-14(13)19)9-22-15-4-2-1-3-12(15)8-16(22)17-21-20-10-23-17/h1-8,10H,9H2. The maximum atomic E-state index is 6.13. The Kier molecular flexibility index (Phi) is 3.56. The third-order valence-corrected chi connectivity index (χ3v) is 4.45. The molecule has 0 aliphatic carbocycles. The van der Waals surface area contributed by atoms with E-state index in [-0.39, 0.29) is 0 Å². The minimum Gasteiger partial charge on any atom is -0.422 e. The monoisotopic (exact) mass is 343 g/mol. The van der Waals surface area contributed by atoms with Crippen LogP contribution in [-0.2, 0) is 6.54 Å². The zero-order chi connectivity index (χ0) is 15.8. The van der Waals surface area contributed by atoms with Crippen molar-refractivity contribution in [1.29, 1.82) is 0 Å². The van der Waals surface area contributed by atoms with E-state index in [1.54, 1.807) is 6.07 Å². The highest BCUT2D eigenvalue weighted by molar-refractivity contribution is 6.42. The van der Waals surface area contributed by atoms with Gasteiger partial charge in [0.05, 0.1) is 10.0 Å². The molecule has 0 fully saturated rings. The lowest BCUT2D eigenvalue weighted by Gasteiger charge is -2.10. The topological polar surface area (TPSA) is 43.9 Å². The first-order valence-electron chi connectivity index (χ1n) is 7.01. The average Bonchev–Trinajstić information content (AvgIpc) is 3.19. The van der Waals surface area contributed by atoms with Gasteiger partial charge in [0.15, 0.2) is 0 Å². The second-order valence-corrected chi connectivity index (χ2v) is 5.98. The number of fused-ring (bicyclic) bond motifs is 1. The zero-order valence-corrected chi connectivity index (χ0v) is 13.4. The Hall–Kier alpha value is -2.30. The molecule has 0 atom stereocenters. The molecule has 4 rings (SSSR count). The van der Waals surface area contributed by atoms with Crippen LogP contribution in [0.25, 0.3) is 22.5 Å². The maximum absolute atomic E-state index is 6.13. The van der Waals surface area contributed by atoms with Gasteiger partial charge in [0, 0.05) is 17.4 Å². The van der Waals surface area contributed by atoms with E-state index in [0.29, 0.717) is 22.5 Å². The summed E-state index contributed by atoms with van der Waals surface area (Å²) in [5.74, 6) is 0.487. The lowest BCUT2D eigenvalue weighted by atomic mass is 10.2. The van der Waals surface area contributed by atoms with Gasteiger partial charge in [0.25, 0.3) is 5.89 Å². The number of halogens is 2. The van der Waals surface area contributed by atoms with Crippen molar-refractivity contribution in [3.05, 3.63) is 70.5 Å². The first kappa shape index (κ1) is 14.3. The van der Waals surface area contributed by atoms with Crippen LogP contribution in [0.5, 0.6) is 0 Å². The van der Waals surface area contributed by atoms with Crippen LogP contribution in [0.4, 0.5) is 0 Å². The number of hydrogen-bond acceptors (Lipinski definition) is 3. The largest absolute Gasteiger partial charge is 0.422 e. The fourth-order valence-corrected chi connectivity index (χ4v) is 2.98. The Balaban J connectivity index is 1.87. The number of benzene rings is 2. The fraction of sp³-hybridized carbons (Fsp3) is 0.0588. The van der Waals surface area contributed by atoms with Gasteiger partial charge in [-0.2, -0.15) is 0 Å². The first-order chi connectivity index (χ1) is 11.2. The molecule has 6 heteroatoms. The first-order valence-corrected chi connectivity index (χ1v) is 7.77. The van der Waals surface area contributed by atoms with Crippen LogP contribution in [0.15, 0.2) is 59.3 Å². The van der Waals surface area contributed by atoms with Crippen molar-refractivity contribution in [2.45, 2.75) is 6.54 Å². The quantitative estimate of drug-likeness (QED) is 0.523. The molecule has 0 radical (unpaired) electrons. The van der Waals surface area contributed by atoms with Gasteiger partial charge in [0.1, 0.15) is 5.69 Å². The van der Waals surface area contributed by atoms with E-state index in [2.05, 4.69) is 26.9 Å². The number of nitrogens with zero attached hydrogens (tertiary/aromatic N) is 3. The van der Waals surface area contributed by atoms with Crippen LogP contribution in [0.2, 0.25) is 10.0 Å². The molecule has 0 unspecified atom stereocenters. The van der Waals surface area contributed by atoms with Gasteiger partial charge in [-0.3, -0.25) is 0 Å². The van der Waals surface area contributed by atoms with Crippen molar-refractivity contribution in [2.75, 3.05) is 0 Å². The van der Waals surface area contributed by atoms with Gasteiger partial charge >= 0.3 is 0 Å². The average molecular weight is 344 g/mol. The van der Waals surface area contributed by atoms with E-state index < -0.39 is 0 Å². The molecular formula is C17H11Cl2N3O. The van der Waals surface area contributed by atoms with Crippen molar-refractivity contribution in [3.63, 3.8) is 0 Å². The Bertz CT molecular complexity index is 977. The second-order valence-electron chi connectivity index (χ2n) is 5.17. The smallest absolute Gasteiger partial charge is 0.264 e. The molecule has 0 aliphatic heterocycles.